The van der Waals surface area contributed by atoms with Gasteiger partial charge in [-0.15, -0.1) is 0 Å². The highest BCUT2D eigenvalue weighted by Gasteiger charge is 2.10. The number of carbonyl (C=O) groups excluding carboxylic acids is 3. The van der Waals surface area contributed by atoms with Crippen LogP contribution in [0.3, 0.4) is 0 Å². The van der Waals surface area contributed by atoms with Crippen molar-refractivity contribution in [1.82, 2.24) is 15.2 Å². The van der Waals surface area contributed by atoms with Gasteiger partial charge in [-0.05, 0) is 12.1 Å². The van der Waals surface area contributed by atoms with E-state index in [9.17, 15) is 14.4 Å². The molecule has 0 fully saturated rings. The Bertz CT molecular complexity index is 691. The average Bonchev–Trinajstić information content (AvgIpc) is 2.93. The van der Waals surface area contributed by atoms with Gasteiger partial charge in [0.1, 0.15) is 0 Å². The Hall–Kier alpha value is -2.63. The molecule has 0 bridgehead atoms. The summed E-state index contributed by atoms with van der Waals surface area (Å²) in [6.07, 6.45) is 2.00. The fourth-order valence-corrected chi connectivity index (χ4v) is 2.17. The first-order chi connectivity index (χ1) is 10.6. The number of benzene rings is 1. The number of aromatic nitrogens is 1. The van der Waals surface area contributed by atoms with Crippen LogP contribution in [-0.4, -0.2) is 35.4 Å². The second-order valence-electron chi connectivity index (χ2n) is 4.97. The van der Waals surface area contributed by atoms with Crippen LogP contribution in [0.15, 0.2) is 36.5 Å². The first kappa shape index (κ1) is 15.8. The predicted octanol–water partition coefficient (Wildman–Crippen LogP) is 1.31. The molecule has 0 atom stereocenters. The summed E-state index contributed by atoms with van der Waals surface area (Å²) in [5.41, 5.74) is 0.846. The molecule has 0 spiro atoms. The monoisotopic (exact) mass is 301 g/mol. The zero-order chi connectivity index (χ0) is 15.9. The lowest BCUT2D eigenvalue weighted by Gasteiger charge is -2.06. The summed E-state index contributed by atoms with van der Waals surface area (Å²) in [6, 6.07) is 9.48. The third-order valence-electron chi connectivity index (χ3n) is 3.26. The minimum atomic E-state index is -0.199. The van der Waals surface area contributed by atoms with Crippen molar-refractivity contribution in [2.45, 2.75) is 19.8 Å². The van der Waals surface area contributed by atoms with Gasteiger partial charge in [0.15, 0.2) is 0 Å². The van der Waals surface area contributed by atoms with E-state index in [1.807, 2.05) is 30.3 Å². The van der Waals surface area contributed by atoms with E-state index < -0.39 is 0 Å². The molecule has 2 aromatic rings. The highest BCUT2D eigenvalue weighted by atomic mass is 16.2. The number of hydrogen-bond acceptors (Lipinski definition) is 3. The summed E-state index contributed by atoms with van der Waals surface area (Å²) in [7, 11) is 0. The van der Waals surface area contributed by atoms with Gasteiger partial charge >= 0.3 is 0 Å². The molecular formula is C16H19N3O3. The molecule has 1 aromatic carbocycles. The summed E-state index contributed by atoms with van der Waals surface area (Å²) < 4.78 is 1.57. The summed E-state index contributed by atoms with van der Waals surface area (Å²) in [5, 5.41) is 6.24. The van der Waals surface area contributed by atoms with Gasteiger partial charge in [-0.25, -0.2) is 0 Å². The Morgan fingerprint density at radius 2 is 1.73 bits per heavy atom. The number of hydrogen-bond donors (Lipinski definition) is 2. The van der Waals surface area contributed by atoms with Gasteiger partial charge in [0.25, 0.3) is 0 Å². The van der Waals surface area contributed by atoms with Crippen LogP contribution in [0.2, 0.25) is 0 Å². The maximum atomic E-state index is 12.2. The minimum Gasteiger partial charge on any atom is -0.355 e. The Balaban J connectivity index is 1.80. The molecular weight excluding hydrogens is 282 g/mol. The van der Waals surface area contributed by atoms with Crippen LogP contribution in [0.4, 0.5) is 0 Å². The van der Waals surface area contributed by atoms with Crippen molar-refractivity contribution in [2.75, 3.05) is 13.1 Å². The van der Waals surface area contributed by atoms with E-state index in [2.05, 4.69) is 10.6 Å². The molecule has 1 aromatic heterocycles. The minimum absolute atomic E-state index is 0.113. The zero-order valence-electron chi connectivity index (χ0n) is 12.5. The van der Waals surface area contributed by atoms with Crippen molar-refractivity contribution in [2.24, 2.45) is 0 Å². The fourth-order valence-electron chi connectivity index (χ4n) is 2.17. The lowest BCUT2D eigenvalue weighted by Crippen LogP contribution is -2.33. The van der Waals surface area contributed by atoms with Gasteiger partial charge in [-0.2, -0.15) is 0 Å². The largest absolute Gasteiger partial charge is 0.355 e. The summed E-state index contributed by atoms with van der Waals surface area (Å²) in [5.74, 6) is -0.447. The molecule has 6 heteroatoms. The summed E-state index contributed by atoms with van der Waals surface area (Å²) >= 11 is 0. The second kappa shape index (κ2) is 7.40. The third kappa shape index (κ3) is 4.18. The number of nitrogens with one attached hydrogen (secondary N) is 2. The topological polar surface area (TPSA) is 80.2 Å². The number of fused-ring (bicyclic) bond motifs is 1. The van der Waals surface area contributed by atoms with Crippen molar-refractivity contribution in [3.63, 3.8) is 0 Å². The molecule has 0 unspecified atom stereocenters. The molecule has 1 heterocycles. The lowest BCUT2D eigenvalue weighted by atomic mass is 10.2. The first-order valence-electron chi connectivity index (χ1n) is 7.18. The molecule has 6 nitrogen and oxygen atoms in total. The van der Waals surface area contributed by atoms with Gasteiger partial charge in [0.2, 0.25) is 17.7 Å². The van der Waals surface area contributed by atoms with E-state index >= 15 is 0 Å². The standard InChI is InChI=1S/C16H19N3O3/c1-12(20)17-9-10-18-15(21)6-7-16(22)19-11-8-13-4-2-3-5-14(13)19/h2-5,8,11H,6-7,9-10H2,1H3,(H,17,20)(H,18,21). The molecule has 0 saturated heterocycles. The Morgan fingerprint density at radius 3 is 2.50 bits per heavy atom. The predicted molar refractivity (Wildman–Crippen MR) is 83.5 cm³/mol. The van der Waals surface area contributed by atoms with Crippen molar-refractivity contribution in [3.8, 4) is 0 Å². The molecule has 0 radical (unpaired) electrons. The summed E-state index contributed by atoms with van der Waals surface area (Å²) in [4.78, 5) is 34.5. The van der Waals surface area contributed by atoms with Crippen molar-refractivity contribution < 1.29 is 14.4 Å². The molecule has 2 amide bonds. The third-order valence-corrected chi connectivity index (χ3v) is 3.26. The molecule has 0 aliphatic rings. The maximum absolute atomic E-state index is 12.2. The number of carbonyl (C=O) groups is 3. The van der Waals surface area contributed by atoms with Crippen LogP contribution in [0, 0.1) is 0 Å². The number of nitrogens with zero attached hydrogens (tertiary/aromatic N) is 1. The Morgan fingerprint density at radius 1 is 1.00 bits per heavy atom. The Labute approximate surface area is 128 Å². The SMILES string of the molecule is CC(=O)NCCNC(=O)CCC(=O)n1ccc2ccccc21. The fraction of sp³-hybridized carbons (Fsp3) is 0.312. The molecule has 0 saturated carbocycles. The average molecular weight is 301 g/mol. The van der Waals surface area contributed by atoms with E-state index in [-0.39, 0.29) is 30.6 Å². The van der Waals surface area contributed by atoms with E-state index in [0.717, 1.165) is 10.9 Å². The number of rotatable bonds is 6. The van der Waals surface area contributed by atoms with Gasteiger partial charge in [-0.3, -0.25) is 19.0 Å². The molecule has 116 valence electrons. The van der Waals surface area contributed by atoms with Gasteiger partial charge in [0, 0.05) is 44.4 Å². The van der Waals surface area contributed by atoms with Crippen molar-refractivity contribution in [1.29, 1.82) is 0 Å². The van der Waals surface area contributed by atoms with Crippen LogP contribution >= 0.6 is 0 Å². The van der Waals surface area contributed by atoms with E-state index in [1.165, 1.54) is 6.92 Å². The first-order valence-corrected chi connectivity index (χ1v) is 7.18. The van der Waals surface area contributed by atoms with E-state index in [4.69, 9.17) is 0 Å². The van der Waals surface area contributed by atoms with Gasteiger partial charge in [0.05, 0.1) is 5.52 Å². The highest BCUT2D eigenvalue weighted by molar-refractivity contribution is 5.93. The van der Waals surface area contributed by atoms with Crippen molar-refractivity contribution >= 4 is 28.6 Å². The Kier molecular flexibility index (Phi) is 5.30. The van der Waals surface area contributed by atoms with Crippen LogP contribution in [0.1, 0.15) is 24.6 Å². The number of amides is 2. The quantitative estimate of drug-likeness (QED) is 0.790. The lowest BCUT2D eigenvalue weighted by molar-refractivity contribution is -0.122. The van der Waals surface area contributed by atoms with Crippen LogP contribution < -0.4 is 10.6 Å². The van der Waals surface area contributed by atoms with E-state index in [1.54, 1.807) is 10.8 Å². The van der Waals surface area contributed by atoms with Crippen molar-refractivity contribution in [3.05, 3.63) is 36.5 Å². The van der Waals surface area contributed by atoms with Crippen LogP contribution in [-0.2, 0) is 9.59 Å². The van der Waals surface area contributed by atoms with E-state index in [0.29, 0.717) is 13.1 Å². The van der Waals surface area contributed by atoms with Crippen LogP contribution in [0.5, 0.6) is 0 Å². The molecule has 22 heavy (non-hydrogen) atoms. The smallest absolute Gasteiger partial charge is 0.231 e. The summed E-state index contributed by atoms with van der Waals surface area (Å²) in [6.45, 7) is 2.16. The zero-order valence-corrected chi connectivity index (χ0v) is 12.5. The van der Waals surface area contributed by atoms with Crippen LogP contribution in [0.25, 0.3) is 10.9 Å². The second-order valence-corrected chi connectivity index (χ2v) is 4.97. The normalized spacial score (nSPS) is 10.4. The van der Waals surface area contributed by atoms with Gasteiger partial charge < -0.3 is 10.6 Å². The number of para-hydroxylation sites is 1. The molecule has 2 rings (SSSR count). The molecule has 0 aliphatic carbocycles. The molecule has 0 aliphatic heterocycles. The maximum Gasteiger partial charge on any atom is 0.231 e. The van der Waals surface area contributed by atoms with Gasteiger partial charge in [-0.1, -0.05) is 18.2 Å². The molecule has 2 N–H and O–H groups in total. The highest BCUT2D eigenvalue weighted by Crippen LogP contribution is 2.15.